The van der Waals surface area contributed by atoms with Crippen molar-refractivity contribution in [2.75, 3.05) is 23.3 Å². The summed E-state index contributed by atoms with van der Waals surface area (Å²) in [6, 6.07) is 16.1. The van der Waals surface area contributed by atoms with E-state index in [1.807, 2.05) is 49.4 Å². The summed E-state index contributed by atoms with van der Waals surface area (Å²) in [6.07, 6.45) is 0.0687. The van der Waals surface area contributed by atoms with E-state index in [9.17, 15) is 9.90 Å². The van der Waals surface area contributed by atoms with Crippen LogP contribution in [0.5, 0.6) is 0 Å². The fraction of sp³-hybridized carbons (Fsp3) is 0.423. The number of carboxylic acid groups (broad SMARTS) is 1. The molecular weight excluding hydrogens is 416 g/mol. The molecule has 1 aromatic heterocycles. The van der Waals surface area contributed by atoms with Crippen molar-refractivity contribution in [3.05, 3.63) is 54.1 Å². The lowest BCUT2D eigenvalue weighted by Crippen LogP contribution is -2.31. The van der Waals surface area contributed by atoms with Crippen molar-refractivity contribution in [1.29, 1.82) is 0 Å². The quantitative estimate of drug-likeness (QED) is 0.360. The molecule has 0 radical (unpaired) electrons. The smallest absolute Gasteiger partial charge is 0.326 e. The molecule has 176 valence electrons. The van der Waals surface area contributed by atoms with Crippen LogP contribution in [0.25, 0.3) is 11.4 Å². The largest absolute Gasteiger partial charge is 0.481 e. The van der Waals surface area contributed by atoms with Gasteiger partial charge in [0, 0.05) is 18.7 Å². The van der Waals surface area contributed by atoms with Gasteiger partial charge in [0.1, 0.15) is 0 Å². The summed E-state index contributed by atoms with van der Waals surface area (Å²) in [5.41, 5.74) is 3.68. The number of benzene rings is 2. The van der Waals surface area contributed by atoms with Crippen molar-refractivity contribution in [2.24, 2.45) is 11.8 Å². The van der Waals surface area contributed by atoms with Crippen molar-refractivity contribution in [2.45, 2.75) is 47.0 Å². The molecule has 0 fully saturated rings. The fourth-order valence-corrected chi connectivity index (χ4v) is 3.86. The summed E-state index contributed by atoms with van der Waals surface area (Å²) in [4.78, 5) is 18.1. The zero-order chi connectivity index (χ0) is 24.0. The summed E-state index contributed by atoms with van der Waals surface area (Å²) in [5, 5.41) is 16.7. The number of carbonyl (C=O) groups is 1. The summed E-state index contributed by atoms with van der Waals surface area (Å²) in [5.74, 6) is 0.539. The summed E-state index contributed by atoms with van der Waals surface area (Å²) in [6.45, 7) is 12.5. The van der Waals surface area contributed by atoms with Crippen molar-refractivity contribution in [1.82, 2.24) is 10.1 Å². The van der Waals surface area contributed by atoms with Crippen molar-refractivity contribution in [3.63, 3.8) is 0 Å². The molecule has 1 heterocycles. The highest BCUT2D eigenvalue weighted by molar-refractivity contribution is 5.75. The second-order valence-corrected chi connectivity index (χ2v) is 9.38. The molecule has 7 nitrogen and oxygen atoms in total. The van der Waals surface area contributed by atoms with Crippen LogP contribution in [0.1, 0.15) is 52.5 Å². The van der Waals surface area contributed by atoms with Crippen molar-refractivity contribution < 1.29 is 14.4 Å². The molecule has 3 aromatic rings. The fourth-order valence-electron chi connectivity index (χ4n) is 3.86. The van der Waals surface area contributed by atoms with E-state index in [1.54, 1.807) is 0 Å². The maximum absolute atomic E-state index is 11.3. The molecule has 2 aromatic carbocycles. The third-order valence-corrected chi connectivity index (χ3v) is 5.28. The van der Waals surface area contributed by atoms with Gasteiger partial charge in [0.15, 0.2) is 0 Å². The Hall–Kier alpha value is -3.35. The number of aliphatic carboxylic acids is 1. The van der Waals surface area contributed by atoms with Crippen LogP contribution in [0.2, 0.25) is 0 Å². The Bertz CT molecular complexity index is 1040. The molecule has 1 unspecified atom stereocenters. The molecule has 2 N–H and O–H groups in total. The van der Waals surface area contributed by atoms with Gasteiger partial charge in [0.25, 0.3) is 0 Å². The molecule has 0 aliphatic heterocycles. The monoisotopic (exact) mass is 450 g/mol. The van der Waals surface area contributed by atoms with Gasteiger partial charge in [0.2, 0.25) is 5.82 Å². The molecular formula is C26H34N4O3. The standard InChI is InChI=1S/C26H34N4O3/c1-17(2)15-30(16-18(3)4)23-12-11-21(19(5)13-24(31)32)14-22(23)27-26-28-25(29-33-26)20-9-7-6-8-10-20/h6-12,14,17-19H,13,15-16H2,1-5H3,(H,31,32)(H,27,28,29). The molecule has 3 rings (SSSR count). The Morgan fingerprint density at radius 2 is 1.70 bits per heavy atom. The minimum atomic E-state index is -0.813. The minimum Gasteiger partial charge on any atom is -0.481 e. The van der Waals surface area contributed by atoms with Gasteiger partial charge < -0.3 is 19.8 Å². The molecule has 0 saturated heterocycles. The van der Waals surface area contributed by atoms with Gasteiger partial charge in [-0.3, -0.25) is 4.79 Å². The molecule has 0 spiro atoms. The van der Waals surface area contributed by atoms with E-state index in [2.05, 4.69) is 54.1 Å². The van der Waals surface area contributed by atoms with Gasteiger partial charge >= 0.3 is 12.0 Å². The Balaban J connectivity index is 1.98. The van der Waals surface area contributed by atoms with Gasteiger partial charge in [-0.1, -0.05) is 76.2 Å². The van der Waals surface area contributed by atoms with E-state index in [4.69, 9.17) is 4.52 Å². The van der Waals surface area contributed by atoms with E-state index in [-0.39, 0.29) is 12.3 Å². The van der Waals surface area contributed by atoms with Gasteiger partial charge in [-0.25, -0.2) is 0 Å². The van der Waals surface area contributed by atoms with Crippen molar-refractivity contribution in [3.8, 4) is 11.4 Å². The van der Waals surface area contributed by atoms with Gasteiger partial charge in [-0.2, -0.15) is 4.98 Å². The molecule has 0 aliphatic carbocycles. The number of nitrogens with zero attached hydrogens (tertiary/aromatic N) is 3. The summed E-state index contributed by atoms with van der Waals surface area (Å²) in [7, 11) is 0. The number of carboxylic acids is 1. The Morgan fingerprint density at radius 1 is 1.03 bits per heavy atom. The van der Waals surface area contributed by atoms with Crippen LogP contribution in [-0.4, -0.2) is 34.3 Å². The number of hydrogen-bond donors (Lipinski definition) is 2. The normalized spacial score (nSPS) is 12.2. The zero-order valence-electron chi connectivity index (χ0n) is 20.1. The van der Waals surface area contributed by atoms with E-state index < -0.39 is 5.97 Å². The topological polar surface area (TPSA) is 91.5 Å². The number of rotatable bonds is 11. The number of nitrogens with one attached hydrogen (secondary N) is 1. The van der Waals surface area contributed by atoms with Gasteiger partial charge in [-0.05, 0) is 35.4 Å². The molecule has 1 atom stereocenters. The molecule has 7 heteroatoms. The number of aromatic nitrogens is 2. The SMILES string of the molecule is CC(C)CN(CC(C)C)c1ccc(C(C)CC(=O)O)cc1Nc1nc(-c2ccccc2)no1. The van der Waals surface area contributed by atoms with Crippen LogP contribution in [0.4, 0.5) is 17.4 Å². The van der Waals surface area contributed by atoms with Gasteiger partial charge in [-0.15, -0.1) is 0 Å². The lowest BCUT2D eigenvalue weighted by molar-refractivity contribution is -0.137. The molecule has 0 bridgehead atoms. The van der Waals surface area contributed by atoms with E-state index >= 15 is 0 Å². The average molecular weight is 451 g/mol. The lowest BCUT2D eigenvalue weighted by Gasteiger charge is -2.31. The van der Waals surface area contributed by atoms with Crippen LogP contribution >= 0.6 is 0 Å². The Kier molecular flexibility index (Phi) is 8.09. The van der Waals surface area contributed by atoms with Crippen LogP contribution in [0, 0.1) is 11.8 Å². The van der Waals surface area contributed by atoms with Crippen molar-refractivity contribution >= 4 is 23.4 Å². The number of hydrogen-bond acceptors (Lipinski definition) is 6. The minimum absolute atomic E-state index is 0.0687. The lowest BCUT2D eigenvalue weighted by atomic mass is 9.96. The highest BCUT2D eigenvalue weighted by Gasteiger charge is 2.19. The maximum Gasteiger partial charge on any atom is 0.326 e. The third kappa shape index (κ3) is 6.81. The van der Waals surface area contributed by atoms with E-state index in [0.717, 1.165) is 35.6 Å². The zero-order valence-corrected chi connectivity index (χ0v) is 20.1. The maximum atomic E-state index is 11.3. The second kappa shape index (κ2) is 11.0. The first kappa shape index (κ1) is 24.3. The molecule has 0 aliphatic rings. The first-order valence-corrected chi connectivity index (χ1v) is 11.5. The number of anilines is 3. The van der Waals surface area contributed by atoms with Gasteiger partial charge in [0.05, 0.1) is 17.8 Å². The summed E-state index contributed by atoms with van der Waals surface area (Å²) < 4.78 is 5.50. The van der Waals surface area contributed by atoms with Crippen LogP contribution < -0.4 is 10.2 Å². The predicted molar refractivity (Wildman–Crippen MR) is 132 cm³/mol. The van der Waals surface area contributed by atoms with Crippen LogP contribution in [0.15, 0.2) is 53.1 Å². The predicted octanol–water partition coefficient (Wildman–Crippen LogP) is 6.18. The first-order valence-electron chi connectivity index (χ1n) is 11.5. The average Bonchev–Trinajstić information content (AvgIpc) is 3.21. The van der Waals surface area contributed by atoms with Crippen LogP contribution in [-0.2, 0) is 4.79 Å². The summed E-state index contributed by atoms with van der Waals surface area (Å²) >= 11 is 0. The molecule has 0 saturated carbocycles. The molecule has 33 heavy (non-hydrogen) atoms. The first-order chi connectivity index (χ1) is 15.7. The highest BCUT2D eigenvalue weighted by atomic mass is 16.5. The third-order valence-electron chi connectivity index (χ3n) is 5.28. The highest BCUT2D eigenvalue weighted by Crippen LogP contribution is 2.34. The van der Waals surface area contributed by atoms with E-state index in [0.29, 0.717) is 23.7 Å². The molecule has 0 amide bonds. The van der Waals surface area contributed by atoms with E-state index in [1.165, 1.54) is 0 Å². The Morgan fingerprint density at radius 3 is 2.30 bits per heavy atom. The Labute approximate surface area is 195 Å². The second-order valence-electron chi connectivity index (χ2n) is 9.38. The van der Waals surface area contributed by atoms with Crippen LogP contribution in [0.3, 0.4) is 0 Å².